The average Bonchev–Trinajstić information content (AvgIpc) is 1.77. The van der Waals surface area contributed by atoms with E-state index < -0.39 is 0 Å². The molecule has 9 heavy (non-hydrogen) atoms. The van der Waals surface area contributed by atoms with Crippen LogP contribution < -0.4 is 0 Å². The Kier molecular flexibility index (Phi) is 3.73. The molecule has 1 heteroatoms. The number of aryl methyl sites for hydroxylation is 2. The van der Waals surface area contributed by atoms with Crippen molar-refractivity contribution in [3.8, 4) is 0 Å². The zero-order valence-corrected chi connectivity index (χ0v) is 7.20. The summed E-state index contributed by atoms with van der Waals surface area (Å²) in [7, 11) is 0. The Morgan fingerprint density at radius 2 is 1.89 bits per heavy atom. The summed E-state index contributed by atoms with van der Waals surface area (Å²) in [5, 5.41) is 0. The molecule has 0 aliphatic carbocycles. The van der Waals surface area contributed by atoms with Gasteiger partial charge in [-0.25, -0.2) is 0 Å². The van der Waals surface area contributed by atoms with Crippen LogP contribution in [-0.2, 0) is 19.5 Å². The smallest absolute Gasteiger partial charge is 0 e. The first-order chi connectivity index (χ1) is 3.79. The Labute approximate surface area is 69.0 Å². The normalized spacial score (nSPS) is 8.22. The average molecular weight is 208 g/mol. The minimum absolute atomic E-state index is 0. The molecule has 0 atom stereocenters. The van der Waals surface area contributed by atoms with E-state index in [1.807, 2.05) is 13.0 Å². The van der Waals surface area contributed by atoms with E-state index in [1.54, 1.807) is 0 Å². The van der Waals surface area contributed by atoms with Crippen LogP contribution in [0.25, 0.3) is 0 Å². The first-order valence-corrected chi connectivity index (χ1v) is 2.74. The molecule has 0 N–H and O–H groups in total. The first kappa shape index (κ1) is 8.84. The molecule has 0 aliphatic heterocycles. The molecule has 1 aromatic rings. The van der Waals surface area contributed by atoms with Crippen LogP contribution in [0.2, 0.25) is 0 Å². The van der Waals surface area contributed by atoms with Crippen LogP contribution in [-0.4, -0.2) is 0 Å². The SMILES string of the molecule is Cc1[c-]cc(C)cc1.[Rh]. The van der Waals surface area contributed by atoms with E-state index in [0.29, 0.717) is 0 Å². The van der Waals surface area contributed by atoms with Crippen molar-refractivity contribution in [1.29, 1.82) is 0 Å². The maximum absolute atomic E-state index is 3.10. The van der Waals surface area contributed by atoms with Crippen molar-refractivity contribution in [2.24, 2.45) is 0 Å². The second kappa shape index (κ2) is 3.79. The molecule has 0 aromatic heterocycles. The fraction of sp³-hybridized carbons (Fsp3) is 0.250. The van der Waals surface area contributed by atoms with Gasteiger partial charge in [-0.3, -0.25) is 0 Å². The molecule has 1 radical (unpaired) electrons. The van der Waals surface area contributed by atoms with Crippen molar-refractivity contribution in [3.05, 3.63) is 35.4 Å². The summed E-state index contributed by atoms with van der Waals surface area (Å²) in [6.45, 7) is 4.11. The predicted octanol–water partition coefficient (Wildman–Crippen LogP) is 2.10. The van der Waals surface area contributed by atoms with Crippen LogP contribution in [0, 0.1) is 19.9 Å². The number of benzene rings is 1. The van der Waals surface area contributed by atoms with Crippen LogP contribution in [0.4, 0.5) is 0 Å². The van der Waals surface area contributed by atoms with Crippen LogP contribution in [0.15, 0.2) is 18.2 Å². The topological polar surface area (TPSA) is 0 Å². The molecular weight excluding hydrogens is 199 g/mol. The fourth-order valence-corrected chi connectivity index (χ4v) is 0.580. The zero-order chi connectivity index (χ0) is 5.98. The summed E-state index contributed by atoms with van der Waals surface area (Å²) < 4.78 is 0. The maximum atomic E-state index is 3.10. The van der Waals surface area contributed by atoms with Gasteiger partial charge in [0.1, 0.15) is 0 Å². The Hall–Kier alpha value is -0.157. The molecule has 0 fully saturated rings. The molecule has 1 aromatic carbocycles. The third-order valence-corrected chi connectivity index (χ3v) is 1.12. The summed E-state index contributed by atoms with van der Waals surface area (Å²) in [5.74, 6) is 0. The number of hydrogen-bond donors (Lipinski definition) is 0. The third-order valence-electron chi connectivity index (χ3n) is 1.12. The third kappa shape index (κ3) is 2.76. The standard InChI is InChI=1S/C8H9.Rh/c1-7-3-5-8(2)6-4-7;/h3-5H,1-2H3;/q-1;. The zero-order valence-electron chi connectivity index (χ0n) is 5.57. The first-order valence-electron chi connectivity index (χ1n) is 2.74. The van der Waals surface area contributed by atoms with Gasteiger partial charge in [0.15, 0.2) is 0 Å². The van der Waals surface area contributed by atoms with Gasteiger partial charge in [0.25, 0.3) is 0 Å². The molecule has 0 amide bonds. The second-order valence-electron chi connectivity index (χ2n) is 2.05. The molecule has 0 saturated carbocycles. The van der Waals surface area contributed by atoms with E-state index in [4.69, 9.17) is 0 Å². The number of hydrogen-bond acceptors (Lipinski definition) is 0. The monoisotopic (exact) mass is 208 g/mol. The van der Waals surface area contributed by atoms with Crippen molar-refractivity contribution < 1.29 is 19.5 Å². The molecule has 0 heterocycles. The van der Waals surface area contributed by atoms with E-state index in [2.05, 4.69) is 25.1 Å². The minimum Gasteiger partial charge on any atom is -0.180 e. The molecule has 0 aliphatic rings. The van der Waals surface area contributed by atoms with E-state index >= 15 is 0 Å². The largest absolute Gasteiger partial charge is 0.180 e. The molecule has 0 bridgehead atoms. The Balaban J connectivity index is 0.000000640. The van der Waals surface area contributed by atoms with Crippen LogP contribution in [0.1, 0.15) is 11.1 Å². The minimum atomic E-state index is 0. The van der Waals surface area contributed by atoms with Gasteiger partial charge >= 0.3 is 0 Å². The summed E-state index contributed by atoms with van der Waals surface area (Å²) in [4.78, 5) is 0. The van der Waals surface area contributed by atoms with Crippen molar-refractivity contribution >= 4 is 0 Å². The van der Waals surface area contributed by atoms with Gasteiger partial charge < -0.3 is 0 Å². The molecule has 0 unspecified atom stereocenters. The van der Waals surface area contributed by atoms with Crippen molar-refractivity contribution in [2.75, 3.05) is 0 Å². The molecule has 1 rings (SSSR count). The van der Waals surface area contributed by atoms with E-state index in [9.17, 15) is 0 Å². The van der Waals surface area contributed by atoms with Gasteiger partial charge in [-0.15, -0.1) is 0 Å². The van der Waals surface area contributed by atoms with Gasteiger partial charge in [0.2, 0.25) is 0 Å². The van der Waals surface area contributed by atoms with E-state index in [0.717, 1.165) is 0 Å². The van der Waals surface area contributed by atoms with Crippen molar-refractivity contribution in [3.63, 3.8) is 0 Å². The summed E-state index contributed by atoms with van der Waals surface area (Å²) in [6, 6.07) is 9.25. The van der Waals surface area contributed by atoms with Gasteiger partial charge in [0, 0.05) is 19.5 Å². The summed E-state index contributed by atoms with van der Waals surface area (Å²) in [5.41, 5.74) is 2.48. The van der Waals surface area contributed by atoms with E-state index in [-0.39, 0.29) is 19.5 Å². The second-order valence-corrected chi connectivity index (χ2v) is 2.05. The molecule has 0 saturated heterocycles. The quantitative estimate of drug-likeness (QED) is 0.452. The van der Waals surface area contributed by atoms with E-state index in [1.165, 1.54) is 11.1 Å². The fourth-order valence-electron chi connectivity index (χ4n) is 0.580. The van der Waals surface area contributed by atoms with Gasteiger partial charge in [0.05, 0.1) is 0 Å². The predicted molar refractivity (Wildman–Crippen MR) is 34.8 cm³/mol. The Morgan fingerprint density at radius 1 is 1.22 bits per heavy atom. The molecule has 0 nitrogen and oxygen atoms in total. The van der Waals surface area contributed by atoms with Crippen LogP contribution in [0.5, 0.6) is 0 Å². The maximum Gasteiger partial charge on any atom is 0 e. The van der Waals surface area contributed by atoms with Crippen LogP contribution in [0.3, 0.4) is 0 Å². The molecule has 0 spiro atoms. The van der Waals surface area contributed by atoms with Gasteiger partial charge in [-0.2, -0.15) is 35.4 Å². The van der Waals surface area contributed by atoms with Crippen molar-refractivity contribution in [1.82, 2.24) is 0 Å². The van der Waals surface area contributed by atoms with Crippen molar-refractivity contribution in [2.45, 2.75) is 13.8 Å². The van der Waals surface area contributed by atoms with Gasteiger partial charge in [-0.1, -0.05) is 13.8 Å². The summed E-state index contributed by atoms with van der Waals surface area (Å²) >= 11 is 0. The van der Waals surface area contributed by atoms with Crippen LogP contribution >= 0.6 is 0 Å². The number of rotatable bonds is 0. The molecular formula is C8H9Rh-. The molecule has 51 valence electrons. The Bertz CT molecular complexity index is 143. The van der Waals surface area contributed by atoms with Gasteiger partial charge in [-0.05, 0) is 0 Å². The Morgan fingerprint density at radius 3 is 2.22 bits per heavy atom. The summed E-state index contributed by atoms with van der Waals surface area (Å²) in [6.07, 6.45) is 0.